The van der Waals surface area contributed by atoms with Gasteiger partial charge >= 0.3 is 5.97 Å². The zero-order chi connectivity index (χ0) is 21.6. The number of ether oxygens (including phenoxy) is 2. The fraction of sp³-hybridized carbons (Fsp3) is 0.458. The highest BCUT2D eigenvalue weighted by Crippen LogP contribution is 2.38. The monoisotopic (exact) mass is 478 g/mol. The summed E-state index contributed by atoms with van der Waals surface area (Å²) in [7, 11) is 0. The molecule has 1 saturated heterocycles. The standard InChI is InChI=1S/C24H30N2O4S.ClH/c1-18-22(27)23(31-21-11-6-5-10-20(21)30-18)24(28)29-17-7-12-25-13-15-26(16-14-25)19-8-3-2-4-9-19;/h2-6,8-11,18,22-23,27H,7,12-17H2,1H3;1H. The van der Waals surface area contributed by atoms with Gasteiger partial charge in [-0.05, 0) is 37.6 Å². The Balaban J connectivity index is 0.00000289. The molecule has 4 rings (SSSR count). The number of hydrogen-bond acceptors (Lipinski definition) is 7. The number of aliphatic hydroxyl groups excluding tert-OH is 1. The number of carbonyl (C=O) groups excluding carboxylic acids is 1. The van der Waals surface area contributed by atoms with Gasteiger partial charge in [-0.1, -0.05) is 30.3 Å². The van der Waals surface area contributed by atoms with Crippen molar-refractivity contribution in [3.05, 3.63) is 54.6 Å². The summed E-state index contributed by atoms with van der Waals surface area (Å²) in [5.74, 6) is 0.322. The summed E-state index contributed by atoms with van der Waals surface area (Å²) in [5, 5.41) is 9.89. The smallest absolute Gasteiger partial charge is 0.322 e. The number of benzene rings is 2. The van der Waals surface area contributed by atoms with Crippen molar-refractivity contribution in [3.63, 3.8) is 0 Å². The highest BCUT2D eigenvalue weighted by Gasteiger charge is 2.37. The summed E-state index contributed by atoms with van der Waals surface area (Å²) in [6.45, 7) is 7.06. The van der Waals surface area contributed by atoms with Gasteiger partial charge in [-0.3, -0.25) is 9.69 Å². The van der Waals surface area contributed by atoms with E-state index in [2.05, 4.69) is 34.1 Å². The van der Waals surface area contributed by atoms with Crippen molar-refractivity contribution in [1.82, 2.24) is 4.90 Å². The van der Waals surface area contributed by atoms with Crippen molar-refractivity contribution in [2.45, 2.75) is 35.7 Å². The van der Waals surface area contributed by atoms with Gasteiger partial charge < -0.3 is 19.5 Å². The maximum Gasteiger partial charge on any atom is 0.322 e. The van der Waals surface area contributed by atoms with Crippen molar-refractivity contribution in [2.24, 2.45) is 0 Å². The first-order valence-corrected chi connectivity index (χ1v) is 11.8. The summed E-state index contributed by atoms with van der Waals surface area (Å²) in [4.78, 5) is 18.4. The average Bonchev–Trinajstić information content (AvgIpc) is 2.94. The van der Waals surface area contributed by atoms with E-state index in [-0.39, 0.29) is 18.4 Å². The average molecular weight is 479 g/mol. The predicted octanol–water partition coefficient (Wildman–Crippen LogP) is 3.47. The van der Waals surface area contributed by atoms with Crippen LogP contribution in [0.2, 0.25) is 0 Å². The number of nitrogens with zero attached hydrogens (tertiary/aromatic N) is 2. The lowest BCUT2D eigenvalue weighted by atomic mass is 10.1. The minimum absolute atomic E-state index is 0. The summed E-state index contributed by atoms with van der Waals surface area (Å²) >= 11 is 1.32. The fourth-order valence-electron chi connectivity index (χ4n) is 3.97. The summed E-state index contributed by atoms with van der Waals surface area (Å²) in [5.41, 5.74) is 1.27. The van der Waals surface area contributed by atoms with Crippen LogP contribution in [0.25, 0.3) is 0 Å². The number of piperazine rings is 1. The molecule has 8 heteroatoms. The van der Waals surface area contributed by atoms with Crippen LogP contribution in [0.4, 0.5) is 5.69 Å². The fourth-order valence-corrected chi connectivity index (χ4v) is 5.15. The first-order valence-electron chi connectivity index (χ1n) is 10.9. The first-order chi connectivity index (χ1) is 15.1. The Kier molecular flexibility index (Phi) is 9.11. The molecule has 2 aliphatic heterocycles. The summed E-state index contributed by atoms with van der Waals surface area (Å²) in [6, 6.07) is 18.0. The highest BCUT2D eigenvalue weighted by atomic mass is 35.5. The topological polar surface area (TPSA) is 62.2 Å². The van der Waals surface area contributed by atoms with Crippen LogP contribution in [0, 0.1) is 0 Å². The number of para-hydroxylation sites is 2. The number of aliphatic hydroxyl groups is 1. The first kappa shape index (κ1) is 24.7. The van der Waals surface area contributed by atoms with E-state index in [1.165, 1.54) is 17.4 Å². The van der Waals surface area contributed by atoms with Crippen LogP contribution in [-0.4, -0.2) is 72.8 Å². The predicted molar refractivity (Wildman–Crippen MR) is 130 cm³/mol. The molecule has 2 aromatic rings. The van der Waals surface area contributed by atoms with Crippen LogP contribution < -0.4 is 9.64 Å². The summed E-state index contributed by atoms with van der Waals surface area (Å²) in [6.07, 6.45) is -0.613. The molecule has 3 unspecified atom stereocenters. The number of hydrogen-bond donors (Lipinski definition) is 1. The normalized spacial score (nSPS) is 23.3. The van der Waals surface area contributed by atoms with E-state index in [1.54, 1.807) is 6.92 Å². The molecule has 0 amide bonds. The zero-order valence-electron chi connectivity index (χ0n) is 18.3. The molecule has 6 nitrogen and oxygen atoms in total. The SMILES string of the molecule is CC1Oc2ccccc2SC(C(=O)OCCCN2CCN(c3ccccc3)CC2)C1O.Cl. The number of thioether (sulfide) groups is 1. The van der Waals surface area contributed by atoms with Crippen LogP contribution in [0.15, 0.2) is 59.5 Å². The largest absolute Gasteiger partial charge is 0.487 e. The third-order valence-corrected chi connectivity index (χ3v) is 7.11. The molecule has 0 aliphatic carbocycles. The van der Waals surface area contributed by atoms with Gasteiger partial charge in [0.2, 0.25) is 0 Å². The molecule has 0 spiro atoms. The summed E-state index contributed by atoms with van der Waals surface area (Å²) < 4.78 is 11.3. The molecule has 32 heavy (non-hydrogen) atoms. The Bertz CT molecular complexity index is 864. The number of carbonyl (C=O) groups is 1. The van der Waals surface area contributed by atoms with Crippen molar-refractivity contribution in [3.8, 4) is 5.75 Å². The minimum atomic E-state index is -0.920. The Morgan fingerprint density at radius 1 is 1.09 bits per heavy atom. The lowest BCUT2D eigenvalue weighted by Gasteiger charge is -2.36. The van der Waals surface area contributed by atoms with E-state index < -0.39 is 17.5 Å². The van der Waals surface area contributed by atoms with E-state index >= 15 is 0 Å². The molecular weight excluding hydrogens is 448 g/mol. The van der Waals surface area contributed by atoms with Gasteiger partial charge in [0, 0.05) is 38.4 Å². The van der Waals surface area contributed by atoms with E-state index in [1.807, 2.05) is 30.3 Å². The van der Waals surface area contributed by atoms with Gasteiger partial charge in [0.15, 0.2) is 0 Å². The number of anilines is 1. The van der Waals surface area contributed by atoms with Crippen LogP contribution in [0.5, 0.6) is 5.75 Å². The van der Waals surface area contributed by atoms with E-state index in [0.717, 1.165) is 44.0 Å². The van der Waals surface area contributed by atoms with Gasteiger partial charge in [0.1, 0.15) is 23.2 Å². The zero-order valence-corrected chi connectivity index (χ0v) is 19.9. The Labute approximate surface area is 200 Å². The Morgan fingerprint density at radius 3 is 2.53 bits per heavy atom. The number of fused-ring (bicyclic) bond motifs is 1. The van der Waals surface area contributed by atoms with Gasteiger partial charge in [0.05, 0.1) is 11.5 Å². The number of esters is 1. The third kappa shape index (κ3) is 6.10. The molecule has 2 aliphatic rings. The minimum Gasteiger partial charge on any atom is -0.487 e. The number of rotatable bonds is 6. The van der Waals surface area contributed by atoms with Gasteiger partial charge in [-0.2, -0.15) is 0 Å². The van der Waals surface area contributed by atoms with E-state index in [9.17, 15) is 9.90 Å². The molecule has 0 aromatic heterocycles. The molecule has 2 heterocycles. The van der Waals surface area contributed by atoms with E-state index in [4.69, 9.17) is 9.47 Å². The number of halogens is 1. The third-order valence-electron chi connectivity index (χ3n) is 5.80. The molecule has 0 radical (unpaired) electrons. The van der Waals surface area contributed by atoms with Crippen molar-refractivity contribution < 1.29 is 19.4 Å². The maximum atomic E-state index is 12.7. The van der Waals surface area contributed by atoms with Gasteiger partial charge in [-0.15, -0.1) is 24.2 Å². The van der Waals surface area contributed by atoms with Gasteiger partial charge in [0.25, 0.3) is 0 Å². The van der Waals surface area contributed by atoms with Crippen LogP contribution in [0.3, 0.4) is 0 Å². The lowest BCUT2D eigenvalue weighted by Crippen LogP contribution is -2.46. The maximum absolute atomic E-state index is 12.7. The highest BCUT2D eigenvalue weighted by molar-refractivity contribution is 8.00. The molecular formula is C24H31ClN2O4S. The quantitative estimate of drug-likeness (QED) is 0.504. The second kappa shape index (κ2) is 11.8. The molecule has 1 N–H and O–H groups in total. The Hall–Kier alpha value is -1.93. The molecule has 3 atom stereocenters. The van der Waals surface area contributed by atoms with Crippen LogP contribution >= 0.6 is 24.2 Å². The second-order valence-corrected chi connectivity index (χ2v) is 9.17. The van der Waals surface area contributed by atoms with Crippen LogP contribution in [0.1, 0.15) is 13.3 Å². The lowest BCUT2D eigenvalue weighted by molar-refractivity contribution is -0.146. The Morgan fingerprint density at radius 2 is 1.78 bits per heavy atom. The molecule has 0 bridgehead atoms. The second-order valence-electron chi connectivity index (χ2n) is 7.98. The molecule has 2 aromatic carbocycles. The van der Waals surface area contributed by atoms with Gasteiger partial charge in [-0.25, -0.2) is 0 Å². The van der Waals surface area contributed by atoms with Crippen LogP contribution in [-0.2, 0) is 9.53 Å². The molecule has 174 valence electrons. The van der Waals surface area contributed by atoms with Crippen molar-refractivity contribution in [1.29, 1.82) is 0 Å². The van der Waals surface area contributed by atoms with Crippen molar-refractivity contribution in [2.75, 3.05) is 44.2 Å². The van der Waals surface area contributed by atoms with Crippen molar-refractivity contribution >= 4 is 35.8 Å². The molecule has 1 fully saturated rings. The molecule has 0 saturated carbocycles. The van der Waals surface area contributed by atoms with E-state index in [0.29, 0.717) is 12.4 Å².